The summed E-state index contributed by atoms with van der Waals surface area (Å²) in [4.78, 5) is 0. The molecular formula is C11H19Cl2NO2S. The zero-order chi connectivity index (χ0) is 13.3. The van der Waals surface area contributed by atoms with Gasteiger partial charge in [0.1, 0.15) is 15.0 Å². The fraction of sp³-hybridized carbons (Fsp3) is 1.00. The van der Waals surface area contributed by atoms with Crippen LogP contribution in [0.15, 0.2) is 0 Å². The van der Waals surface area contributed by atoms with Gasteiger partial charge in [-0.2, -0.15) is 0 Å². The first-order valence-electron chi connectivity index (χ1n) is 5.79. The number of alkyl halides is 2. The Hall–Kier alpha value is 0.490. The molecule has 0 amide bonds. The molecular weight excluding hydrogens is 281 g/mol. The molecule has 2 aliphatic carbocycles. The maximum absolute atomic E-state index is 11.2. The van der Waals surface area contributed by atoms with Crippen LogP contribution in [0.5, 0.6) is 0 Å². The third kappa shape index (κ3) is 1.36. The van der Waals surface area contributed by atoms with Crippen molar-refractivity contribution in [2.24, 2.45) is 22.5 Å². The molecule has 2 fully saturated rings. The summed E-state index contributed by atoms with van der Waals surface area (Å²) in [6, 6.07) is 0. The van der Waals surface area contributed by atoms with Crippen LogP contribution in [0.1, 0.15) is 33.6 Å². The minimum absolute atomic E-state index is 0.0447. The molecule has 100 valence electrons. The third-order valence-corrected chi connectivity index (χ3v) is 7.60. The van der Waals surface area contributed by atoms with Gasteiger partial charge in [0.2, 0.25) is 0 Å². The van der Waals surface area contributed by atoms with Gasteiger partial charge in [0, 0.05) is 5.41 Å². The molecule has 2 saturated carbocycles. The van der Waals surface area contributed by atoms with E-state index < -0.39 is 26.0 Å². The van der Waals surface area contributed by atoms with Gasteiger partial charge >= 0.3 is 0 Å². The lowest BCUT2D eigenvalue weighted by molar-refractivity contribution is 0.0925. The Labute approximate surface area is 114 Å². The van der Waals surface area contributed by atoms with E-state index in [4.69, 9.17) is 28.9 Å². The summed E-state index contributed by atoms with van der Waals surface area (Å²) in [6.07, 6.45) is 1.62. The van der Waals surface area contributed by atoms with Crippen molar-refractivity contribution >= 4 is 33.9 Å². The van der Waals surface area contributed by atoms with Crippen molar-refractivity contribution in [3.63, 3.8) is 0 Å². The second-order valence-corrected chi connectivity index (χ2v) is 8.58. The molecule has 0 heterocycles. The molecule has 0 aliphatic heterocycles. The standard InChI is InChI=1S/C11H19Cl2NO2S/c1-8(2)7-4-5-10(8,6-17(15)16)9(3,14)11(7,12)13/h7,17H,4-6,14H2,1-3H3. The molecule has 17 heavy (non-hydrogen) atoms. The van der Waals surface area contributed by atoms with E-state index >= 15 is 0 Å². The van der Waals surface area contributed by atoms with Crippen molar-refractivity contribution in [3.05, 3.63) is 0 Å². The minimum atomic E-state index is -2.49. The molecule has 0 saturated heterocycles. The van der Waals surface area contributed by atoms with E-state index in [2.05, 4.69) is 0 Å². The van der Waals surface area contributed by atoms with E-state index in [-0.39, 0.29) is 17.1 Å². The van der Waals surface area contributed by atoms with Crippen LogP contribution in [0.25, 0.3) is 0 Å². The Balaban J connectivity index is 2.63. The predicted molar refractivity (Wildman–Crippen MR) is 71.1 cm³/mol. The average molecular weight is 300 g/mol. The summed E-state index contributed by atoms with van der Waals surface area (Å²) >= 11 is 12.9. The number of thiol groups is 1. The van der Waals surface area contributed by atoms with Crippen LogP contribution in [0.3, 0.4) is 0 Å². The highest BCUT2D eigenvalue weighted by molar-refractivity contribution is 7.72. The summed E-state index contributed by atoms with van der Waals surface area (Å²) in [6.45, 7) is 5.88. The van der Waals surface area contributed by atoms with Gasteiger partial charge in [-0.1, -0.05) is 37.0 Å². The van der Waals surface area contributed by atoms with Gasteiger partial charge in [-0.3, -0.25) is 0 Å². The molecule has 3 nitrogen and oxygen atoms in total. The highest BCUT2D eigenvalue weighted by atomic mass is 35.5. The van der Waals surface area contributed by atoms with Crippen LogP contribution in [0.4, 0.5) is 0 Å². The van der Waals surface area contributed by atoms with Gasteiger partial charge in [0.05, 0.1) is 11.3 Å². The maximum atomic E-state index is 11.2. The second kappa shape index (κ2) is 3.53. The normalized spacial score (nSPS) is 46.6. The Bertz CT molecular complexity index is 423. The number of nitrogens with two attached hydrogens (primary N) is 1. The van der Waals surface area contributed by atoms with Crippen molar-refractivity contribution in [3.8, 4) is 0 Å². The molecule has 0 aromatic carbocycles. The molecule has 2 rings (SSSR count). The van der Waals surface area contributed by atoms with Gasteiger partial charge in [-0.15, -0.1) is 0 Å². The van der Waals surface area contributed by atoms with Crippen molar-refractivity contribution in [2.75, 3.05) is 5.75 Å². The lowest BCUT2D eigenvalue weighted by Crippen LogP contribution is -2.63. The summed E-state index contributed by atoms with van der Waals surface area (Å²) in [7, 11) is -2.49. The average Bonchev–Trinajstić information content (AvgIpc) is 2.40. The molecule has 2 aliphatic rings. The molecule has 2 N–H and O–H groups in total. The van der Waals surface area contributed by atoms with Crippen molar-refractivity contribution in [2.45, 2.75) is 43.5 Å². The fourth-order valence-electron chi connectivity index (χ4n) is 4.32. The van der Waals surface area contributed by atoms with Crippen molar-refractivity contribution < 1.29 is 8.42 Å². The molecule has 3 atom stereocenters. The van der Waals surface area contributed by atoms with Gasteiger partial charge in [0.15, 0.2) is 0 Å². The van der Waals surface area contributed by atoms with Gasteiger partial charge in [0.25, 0.3) is 0 Å². The number of rotatable bonds is 2. The topological polar surface area (TPSA) is 60.2 Å². The lowest BCUT2D eigenvalue weighted by Gasteiger charge is -2.49. The Morgan fingerprint density at radius 1 is 1.29 bits per heavy atom. The first-order chi connectivity index (χ1) is 7.51. The van der Waals surface area contributed by atoms with E-state index in [0.717, 1.165) is 12.8 Å². The number of hydrogen-bond donors (Lipinski definition) is 2. The molecule has 2 bridgehead atoms. The number of fused-ring (bicyclic) bond motifs is 2. The highest BCUT2D eigenvalue weighted by Crippen LogP contribution is 2.75. The molecule has 0 aromatic rings. The molecule has 6 heteroatoms. The first kappa shape index (κ1) is 13.9. The van der Waals surface area contributed by atoms with Crippen LogP contribution >= 0.6 is 23.2 Å². The van der Waals surface area contributed by atoms with Gasteiger partial charge in [-0.05, 0) is 31.1 Å². The van der Waals surface area contributed by atoms with Crippen LogP contribution in [-0.4, -0.2) is 24.0 Å². The zero-order valence-corrected chi connectivity index (χ0v) is 12.7. The second-order valence-electron chi connectivity index (χ2n) is 6.21. The molecule has 0 aromatic heterocycles. The van der Waals surface area contributed by atoms with E-state index in [0.29, 0.717) is 0 Å². The summed E-state index contributed by atoms with van der Waals surface area (Å²) in [5.41, 5.74) is 4.71. The third-order valence-electron chi connectivity index (χ3n) is 5.49. The maximum Gasteiger partial charge on any atom is 0.140 e. The zero-order valence-electron chi connectivity index (χ0n) is 10.3. The fourth-order valence-corrected chi connectivity index (χ4v) is 6.78. The van der Waals surface area contributed by atoms with Gasteiger partial charge in [-0.25, -0.2) is 8.42 Å². The number of hydrogen-bond acceptors (Lipinski definition) is 3. The largest absolute Gasteiger partial charge is 0.322 e. The molecule has 0 radical (unpaired) electrons. The molecule has 3 unspecified atom stereocenters. The quantitative estimate of drug-likeness (QED) is 0.605. The minimum Gasteiger partial charge on any atom is -0.322 e. The summed E-state index contributed by atoms with van der Waals surface area (Å²) in [5.74, 6) is 0.114. The van der Waals surface area contributed by atoms with E-state index in [1.54, 1.807) is 6.92 Å². The SMILES string of the molecule is CC1(C)C2CCC1(C[SH](=O)=O)C(C)(N)C2(Cl)Cl. The Morgan fingerprint density at radius 2 is 1.82 bits per heavy atom. The Morgan fingerprint density at radius 3 is 2.18 bits per heavy atom. The van der Waals surface area contributed by atoms with Crippen LogP contribution in [0, 0.1) is 16.7 Å². The van der Waals surface area contributed by atoms with E-state index in [9.17, 15) is 8.42 Å². The van der Waals surface area contributed by atoms with Crippen LogP contribution in [-0.2, 0) is 10.7 Å². The van der Waals surface area contributed by atoms with E-state index in [1.807, 2.05) is 13.8 Å². The Kier molecular flexibility index (Phi) is 2.89. The summed E-state index contributed by atoms with van der Waals surface area (Å²) < 4.78 is 21.4. The smallest absolute Gasteiger partial charge is 0.140 e. The highest BCUT2D eigenvalue weighted by Gasteiger charge is 2.78. The first-order valence-corrected chi connectivity index (χ1v) is 7.91. The van der Waals surface area contributed by atoms with Gasteiger partial charge < -0.3 is 5.73 Å². The predicted octanol–water partition coefficient (Wildman–Crippen LogP) is 1.93. The number of halogens is 2. The summed E-state index contributed by atoms with van der Waals surface area (Å²) in [5, 5.41) is 0. The lowest BCUT2D eigenvalue weighted by atomic mass is 9.63. The monoisotopic (exact) mass is 299 g/mol. The van der Waals surface area contributed by atoms with Crippen LogP contribution in [0.2, 0.25) is 0 Å². The molecule has 0 spiro atoms. The van der Waals surface area contributed by atoms with Crippen LogP contribution < -0.4 is 5.73 Å². The van der Waals surface area contributed by atoms with E-state index in [1.165, 1.54) is 0 Å². The van der Waals surface area contributed by atoms with Crippen molar-refractivity contribution in [1.82, 2.24) is 0 Å². The van der Waals surface area contributed by atoms with Crippen molar-refractivity contribution in [1.29, 1.82) is 0 Å².